The normalized spacial score (nSPS) is 16.3. The fraction of sp³-hybridized carbons (Fsp3) is 0.483. The molecule has 4 rings (SSSR count). The van der Waals surface area contributed by atoms with Crippen LogP contribution in [0.15, 0.2) is 29.1 Å². The van der Waals surface area contributed by atoms with Crippen molar-refractivity contribution >= 4 is 17.5 Å². The molecule has 10 nitrogen and oxygen atoms in total. The summed E-state index contributed by atoms with van der Waals surface area (Å²) < 4.78 is 22.3. The standard InChI is InChI=1S/C29H37N3O7/c1-18(33)31-22-9-7-19-16-25(36-2)28(37-3)29(38-4)27(19)20-8-10-23(24(34)17-21(20)22)30-11-5-6-26(35)32-12-14-39-15-13-32/h8,10,16-17,22H,5-7,9,11-15H2,1-4H3,(H,30,34)(H,31,33). The number of nitrogens with one attached hydrogen (secondary N) is 2. The third kappa shape index (κ3) is 6.27. The van der Waals surface area contributed by atoms with Crippen molar-refractivity contribution in [1.29, 1.82) is 0 Å². The zero-order chi connectivity index (χ0) is 27.9. The van der Waals surface area contributed by atoms with Gasteiger partial charge in [0, 0.05) is 38.5 Å². The maximum absolute atomic E-state index is 13.4. The zero-order valence-electron chi connectivity index (χ0n) is 23.1. The molecule has 0 bridgehead atoms. The summed E-state index contributed by atoms with van der Waals surface area (Å²) >= 11 is 0. The van der Waals surface area contributed by atoms with E-state index < -0.39 is 0 Å². The first-order chi connectivity index (χ1) is 18.9. The Labute approximate surface area is 228 Å². The van der Waals surface area contributed by atoms with Gasteiger partial charge < -0.3 is 34.5 Å². The summed E-state index contributed by atoms with van der Waals surface area (Å²) in [6.07, 6.45) is 2.21. The highest BCUT2D eigenvalue weighted by atomic mass is 16.5. The number of aryl methyl sites for hydroxylation is 1. The first-order valence-electron chi connectivity index (χ1n) is 13.2. The second kappa shape index (κ2) is 12.8. The van der Waals surface area contributed by atoms with Crippen molar-refractivity contribution in [3.05, 3.63) is 45.6 Å². The maximum atomic E-state index is 13.4. The zero-order valence-corrected chi connectivity index (χ0v) is 23.1. The maximum Gasteiger partial charge on any atom is 0.222 e. The number of nitrogens with zero attached hydrogens (tertiary/aromatic N) is 1. The van der Waals surface area contributed by atoms with E-state index in [0.29, 0.717) is 87.0 Å². The lowest BCUT2D eigenvalue weighted by atomic mass is 9.95. The van der Waals surface area contributed by atoms with Gasteiger partial charge in [-0.15, -0.1) is 0 Å². The van der Waals surface area contributed by atoms with E-state index >= 15 is 0 Å². The molecule has 1 atom stereocenters. The van der Waals surface area contributed by atoms with E-state index in [1.807, 2.05) is 17.0 Å². The number of benzene rings is 1. The molecular formula is C29H37N3O7. The number of methoxy groups -OCH3 is 3. The minimum atomic E-state index is -0.370. The van der Waals surface area contributed by atoms with Crippen molar-refractivity contribution in [3.8, 4) is 28.4 Å². The molecule has 1 unspecified atom stereocenters. The minimum Gasteiger partial charge on any atom is -0.493 e. The molecule has 2 aliphatic rings. The lowest BCUT2D eigenvalue weighted by Gasteiger charge is -2.26. The average molecular weight is 540 g/mol. The monoisotopic (exact) mass is 539 g/mol. The second-order valence-corrected chi connectivity index (χ2v) is 9.62. The Morgan fingerprint density at radius 2 is 1.79 bits per heavy atom. The van der Waals surface area contributed by atoms with Crippen molar-refractivity contribution in [3.63, 3.8) is 0 Å². The van der Waals surface area contributed by atoms with E-state index in [1.165, 1.54) is 6.92 Å². The van der Waals surface area contributed by atoms with Crippen molar-refractivity contribution in [2.75, 3.05) is 59.5 Å². The number of anilines is 1. The van der Waals surface area contributed by atoms with E-state index in [-0.39, 0.29) is 23.3 Å². The Morgan fingerprint density at radius 3 is 2.46 bits per heavy atom. The number of morpholine rings is 1. The number of hydrogen-bond donors (Lipinski definition) is 2. The van der Waals surface area contributed by atoms with Gasteiger partial charge in [-0.2, -0.15) is 0 Å². The van der Waals surface area contributed by atoms with Crippen LogP contribution >= 0.6 is 0 Å². The highest BCUT2D eigenvalue weighted by Crippen LogP contribution is 2.50. The van der Waals surface area contributed by atoms with E-state index in [4.69, 9.17) is 18.9 Å². The highest BCUT2D eigenvalue weighted by Gasteiger charge is 2.29. The van der Waals surface area contributed by atoms with Crippen LogP contribution in [0.5, 0.6) is 17.2 Å². The lowest BCUT2D eigenvalue weighted by molar-refractivity contribution is -0.135. The van der Waals surface area contributed by atoms with Crippen molar-refractivity contribution in [2.45, 2.75) is 38.6 Å². The van der Waals surface area contributed by atoms with Crippen LogP contribution in [0.4, 0.5) is 5.69 Å². The van der Waals surface area contributed by atoms with Crippen molar-refractivity contribution < 1.29 is 28.5 Å². The number of amides is 2. The summed E-state index contributed by atoms with van der Waals surface area (Å²) in [6, 6.07) is 6.77. The molecule has 1 saturated heterocycles. The molecule has 0 aromatic heterocycles. The van der Waals surface area contributed by atoms with Crippen LogP contribution in [0.1, 0.15) is 43.4 Å². The second-order valence-electron chi connectivity index (χ2n) is 9.62. The van der Waals surface area contributed by atoms with Crippen LogP contribution in [0.2, 0.25) is 0 Å². The van der Waals surface area contributed by atoms with E-state index in [2.05, 4.69) is 10.6 Å². The first-order valence-corrected chi connectivity index (χ1v) is 13.2. The Balaban J connectivity index is 1.68. The van der Waals surface area contributed by atoms with Crippen molar-refractivity contribution in [1.82, 2.24) is 10.2 Å². The summed E-state index contributed by atoms with van der Waals surface area (Å²) in [4.78, 5) is 39.7. The quantitative estimate of drug-likeness (QED) is 0.468. The van der Waals surface area contributed by atoms with Crippen LogP contribution in [0.25, 0.3) is 11.1 Å². The Morgan fingerprint density at radius 1 is 1.05 bits per heavy atom. The number of rotatable bonds is 9. The molecule has 10 heteroatoms. The van der Waals surface area contributed by atoms with Crippen LogP contribution < -0.4 is 30.3 Å². The highest BCUT2D eigenvalue weighted by molar-refractivity contribution is 5.83. The predicted octanol–water partition coefficient (Wildman–Crippen LogP) is 2.91. The molecule has 1 aliphatic carbocycles. The first kappa shape index (κ1) is 28.2. The van der Waals surface area contributed by atoms with Gasteiger partial charge in [-0.3, -0.25) is 14.4 Å². The summed E-state index contributed by atoms with van der Waals surface area (Å²) in [7, 11) is 4.70. The molecule has 1 aliphatic heterocycles. The topological polar surface area (TPSA) is 115 Å². The minimum absolute atomic E-state index is 0.0963. The van der Waals surface area contributed by atoms with Gasteiger partial charge in [0.2, 0.25) is 23.0 Å². The van der Waals surface area contributed by atoms with E-state index in [0.717, 1.165) is 16.7 Å². The predicted molar refractivity (Wildman–Crippen MR) is 148 cm³/mol. The Kier molecular flexibility index (Phi) is 9.29. The smallest absolute Gasteiger partial charge is 0.222 e. The van der Waals surface area contributed by atoms with Gasteiger partial charge in [-0.25, -0.2) is 0 Å². The molecule has 2 aromatic carbocycles. The van der Waals surface area contributed by atoms with Gasteiger partial charge in [0.15, 0.2) is 11.5 Å². The number of ether oxygens (including phenoxy) is 4. The van der Waals surface area contributed by atoms with Gasteiger partial charge in [0.25, 0.3) is 0 Å². The molecule has 2 N–H and O–H groups in total. The third-order valence-electron chi connectivity index (χ3n) is 7.16. The molecule has 0 spiro atoms. The number of carbonyl (C=O) groups excluding carboxylic acids is 2. The van der Waals surface area contributed by atoms with Crippen LogP contribution in [0, 0.1) is 0 Å². The number of hydrogen-bond acceptors (Lipinski definition) is 8. The largest absolute Gasteiger partial charge is 0.493 e. The van der Waals surface area contributed by atoms with E-state index in [9.17, 15) is 14.4 Å². The molecule has 0 saturated carbocycles. The molecule has 210 valence electrons. The lowest BCUT2D eigenvalue weighted by Crippen LogP contribution is -2.40. The van der Waals surface area contributed by atoms with Gasteiger partial charge >= 0.3 is 0 Å². The van der Waals surface area contributed by atoms with Crippen LogP contribution in [-0.2, 0) is 20.7 Å². The summed E-state index contributed by atoms with van der Waals surface area (Å²) in [5.74, 6) is 1.43. The Bertz CT molecular complexity index is 1270. The van der Waals surface area contributed by atoms with Gasteiger partial charge in [-0.05, 0) is 54.2 Å². The van der Waals surface area contributed by atoms with Crippen molar-refractivity contribution in [2.24, 2.45) is 0 Å². The van der Waals surface area contributed by atoms with Gasteiger partial charge in [0.1, 0.15) is 0 Å². The average Bonchev–Trinajstić information content (AvgIpc) is 3.18. The fourth-order valence-corrected chi connectivity index (χ4v) is 5.29. The van der Waals surface area contributed by atoms with Gasteiger partial charge in [-0.1, -0.05) is 6.07 Å². The summed E-state index contributed by atoms with van der Waals surface area (Å²) in [5.41, 5.74) is 3.46. The molecule has 2 aromatic rings. The van der Waals surface area contributed by atoms with Crippen LogP contribution in [-0.4, -0.2) is 70.9 Å². The molecule has 1 fully saturated rings. The summed E-state index contributed by atoms with van der Waals surface area (Å²) in [5, 5.41) is 6.22. The van der Waals surface area contributed by atoms with Gasteiger partial charge in [0.05, 0.1) is 46.3 Å². The molecule has 39 heavy (non-hydrogen) atoms. The summed E-state index contributed by atoms with van der Waals surface area (Å²) in [6.45, 7) is 4.32. The molecule has 2 amide bonds. The number of carbonyl (C=O) groups is 2. The van der Waals surface area contributed by atoms with Crippen LogP contribution in [0.3, 0.4) is 0 Å². The molecule has 1 heterocycles. The molecule has 0 radical (unpaired) electrons. The number of fused-ring (bicyclic) bond motifs is 3. The third-order valence-corrected chi connectivity index (χ3v) is 7.16. The Hall–Kier alpha value is -3.79. The molecular weight excluding hydrogens is 502 g/mol. The van der Waals surface area contributed by atoms with E-state index in [1.54, 1.807) is 33.5 Å². The SMILES string of the molecule is COc1cc2c(c(OC)c1OC)-c1ccc(NCCCC(=O)N3CCOCC3)c(=O)cc1C(NC(C)=O)CC2. The fourth-order valence-electron chi connectivity index (χ4n) is 5.29.